The van der Waals surface area contributed by atoms with Gasteiger partial charge in [0.15, 0.2) is 5.78 Å². The molecule has 1 aliphatic heterocycles. The zero-order valence-electron chi connectivity index (χ0n) is 23.1. The van der Waals surface area contributed by atoms with Gasteiger partial charge in [-0.3, -0.25) is 14.5 Å². The molecule has 0 aromatic heterocycles. The third kappa shape index (κ3) is 6.42. The summed E-state index contributed by atoms with van der Waals surface area (Å²) in [5.41, 5.74) is 11.2. The Kier molecular flexibility index (Phi) is 9.37. The van der Waals surface area contributed by atoms with Crippen LogP contribution in [0.1, 0.15) is 69.9 Å². The lowest BCUT2D eigenvalue weighted by molar-refractivity contribution is -0.117. The monoisotopic (exact) mass is 625 g/mol. The van der Waals surface area contributed by atoms with E-state index in [0.717, 1.165) is 24.1 Å². The summed E-state index contributed by atoms with van der Waals surface area (Å²) in [6.07, 6.45) is 3.54. The third-order valence-corrected chi connectivity index (χ3v) is 9.63. The highest BCUT2D eigenvalue weighted by Gasteiger charge is 2.41. The standard InChI is InChI=1S/C30H36BrN5O3S/c1-4-8-19-12-25-29(27(37)13-19)28(22(16-32)18(3)35-25)21-14-23(31)30(26(15-21)36-40(38,39)11-5-2)34-17-20-9-6-7-10-24(20)33/h6-7,9-10,14-15,19,22,28,34,36H,4-5,8,11-13,17,33H2,1-3H3. The molecule has 0 saturated heterocycles. The molecule has 10 heteroatoms. The topological polar surface area (TPSA) is 137 Å². The number of rotatable bonds is 10. The van der Waals surface area contributed by atoms with Gasteiger partial charge in [0, 0.05) is 46.0 Å². The number of nitrogen functional groups attached to an aromatic ring is 1. The first-order valence-electron chi connectivity index (χ1n) is 13.7. The molecule has 0 amide bonds. The van der Waals surface area contributed by atoms with Crippen LogP contribution in [0.15, 0.2) is 57.1 Å². The SMILES string of the molecule is CCCC1CC(=O)C2=C(C1)N=C(C)C(C#N)C2c1cc(Br)c(NCc2ccccc2N)c(NS(=O)(=O)CCC)c1. The predicted molar refractivity (Wildman–Crippen MR) is 165 cm³/mol. The number of para-hydroxylation sites is 1. The summed E-state index contributed by atoms with van der Waals surface area (Å²) in [6, 6.07) is 13.5. The second-order valence-electron chi connectivity index (χ2n) is 10.6. The van der Waals surface area contributed by atoms with Crippen LogP contribution in [0.5, 0.6) is 0 Å². The normalized spacial score (nSPS) is 20.9. The summed E-state index contributed by atoms with van der Waals surface area (Å²) < 4.78 is 29.2. The number of benzene rings is 2. The molecule has 40 heavy (non-hydrogen) atoms. The van der Waals surface area contributed by atoms with Gasteiger partial charge in [0.2, 0.25) is 10.0 Å². The van der Waals surface area contributed by atoms with Gasteiger partial charge in [-0.2, -0.15) is 5.26 Å². The molecule has 0 radical (unpaired) electrons. The first-order chi connectivity index (χ1) is 19.1. The molecule has 2 aromatic rings. The minimum Gasteiger partial charge on any atom is -0.398 e. The fraction of sp³-hybridized carbons (Fsp3) is 0.433. The highest BCUT2D eigenvalue weighted by Crippen LogP contribution is 2.47. The molecule has 0 bridgehead atoms. The van der Waals surface area contributed by atoms with Crippen molar-refractivity contribution in [3.63, 3.8) is 0 Å². The van der Waals surface area contributed by atoms with Crippen LogP contribution in [0.3, 0.4) is 0 Å². The van der Waals surface area contributed by atoms with Crippen LogP contribution in [0.2, 0.25) is 0 Å². The molecule has 0 saturated carbocycles. The number of hydrogen-bond donors (Lipinski definition) is 3. The molecule has 1 heterocycles. The van der Waals surface area contributed by atoms with Crippen LogP contribution in [0.25, 0.3) is 0 Å². The number of nitrogens with zero attached hydrogens (tertiary/aromatic N) is 2. The summed E-state index contributed by atoms with van der Waals surface area (Å²) in [4.78, 5) is 18.3. The van der Waals surface area contributed by atoms with Crippen molar-refractivity contribution in [2.24, 2.45) is 16.8 Å². The van der Waals surface area contributed by atoms with Gasteiger partial charge in [-0.25, -0.2) is 8.42 Å². The van der Waals surface area contributed by atoms with E-state index in [9.17, 15) is 18.5 Å². The molecule has 212 valence electrons. The van der Waals surface area contributed by atoms with Crippen LogP contribution in [-0.4, -0.2) is 25.7 Å². The van der Waals surface area contributed by atoms with E-state index in [1.165, 1.54) is 0 Å². The minimum absolute atomic E-state index is 0.0205. The number of carbonyl (C=O) groups is 1. The van der Waals surface area contributed by atoms with Crippen molar-refractivity contribution in [3.8, 4) is 6.07 Å². The minimum atomic E-state index is -3.64. The second-order valence-corrected chi connectivity index (χ2v) is 13.3. The van der Waals surface area contributed by atoms with Gasteiger partial charge >= 0.3 is 0 Å². The number of anilines is 3. The van der Waals surface area contributed by atoms with Gasteiger partial charge in [0.1, 0.15) is 0 Å². The van der Waals surface area contributed by atoms with Crippen LogP contribution >= 0.6 is 15.9 Å². The zero-order valence-corrected chi connectivity index (χ0v) is 25.5. The van der Waals surface area contributed by atoms with Gasteiger partial charge in [-0.15, -0.1) is 0 Å². The molecule has 0 fully saturated rings. The molecule has 8 nitrogen and oxygen atoms in total. The molecule has 4 rings (SSSR count). The maximum Gasteiger partial charge on any atom is 0.232 e. The van der Waals surface area contributed by atoms with Crippen molar-refractivity contribution in [1.82, 2.24) is 0 Å². The van der Waals surface area contributed by atoms with E-state index in [4.69, 9.17) is 10.7 Å². The number of carbonyl (C=O) groups excluding carboxylic acids is 1. The molecule has 2 aliphatic rings. The van der Waals surface area contributed by atoms with Crippen molar-refractivity contribution in [2.75, 3.05) is 21.5 Å². The molecular weight excluding hydrogens is 590 g/mol. The smallest absolute Gasteiger partial charge is 0.232 e. The molecule has 4 N–H and O–H groups in total. The molecular formula is C30H36BrN5O3S. The number of sulfonamides is 1. The molecule has 3 atom stereocenters. The maximum absolute atomic E-state index is 13.5. The lowest BCUT2D eigenvalue weighted by Crippen LogP contribution is -2.33. The molecule has 2 aromatic carbocycles. The van der Waals surface area contributed by atoms with Crippen LogP contribution < -0.4 is 15.8 Å². The van der Waals surface area contributed by atoms with E-state index >= 15 is 0 Å². The van der Waals surface area contributed by atoms with Gasteiger partial charge in [0.25, 0.3) is 0 Å². The Balaban J connectivity index is 1.82. The average molecular weight is 627 g/mol. The summed E-state index contributed by atoms with van der Waals surface area (Å²) >= 11 is 3.65. The second kappa shape index (κ2) is 12.6. The highest BCUT2D eigenvalue weighted by atomic mass is 79.9. The molecule has 0 spiro atoms. The van der Waals surface area contributed by atoms with E-state index in [1.807, 2.05) is 37.3 Å². The van der Waals surface area contributed by atoms with E-state index < -0.39 is 21.9 Å². The molecule has 3 unspecified atom stereocenters. The Hall–Kier alpha value is -3.16. The lowest BCUT2D eigenvalue weighted by Gasteiger charge is -2.35. The number of nitriles is 1. The quantitative estimate of drug-likeness (QED) is 0.257. The number of allylic oxidation sites excluding steroid dienone is 2. The van der Waals surface area contributed by atoms with Crippen LogP contribution in [0.4, 0.5) is 17.1 Å². The lowest BCUT2D eigenvalue weighted by atomic mass is 9.70. The number of nitrogens with one attached hydrogen (secondary N) is 2. The maximum atomic E-state index is 13.5. The van der Waals surface area contributed by atoms with Gasteiger partial charge in [0.05, 0.1) is 29.1 Å². The number of halogens is 1. The van der Waals surface area contributed by atoms with Gasteiger partial charge in [-0.1, -0.05) is 38.5 Å². The van der Waals surface area contributed by atoms with Gasteiger partial charge in [-0.05, 0) is 77.4 Å². The largest absolute Gasteiger partial charge is 0.398 e. The number of nitrogens with two attached hydrogens (primary N) is 1. The first-order valence-corrected chi connectivity index (χ1v) is 16.1. The van der Waals surface area contributed by atoms with Crippen molar-refractivity contribution < 1.29 is 13.2 Å². The Labute approximate surface area is 245 Å². The summed E-state index contributed by atoms with van der Waals surface area (Å²) in [5, 5.41) is 13.5. The van der Waals surface area contributed by atoms with E-state index in [1.54, 1.807) is 13.0 Å². The summed E-state index contributed by atoms with van der Waals surface area (Å²) in [5.74, 6) is -0.959. The first kappa shape index (κ1) is 29.8. The zero-order chi connectivity index (χ0) is 29.0. The number of aliphatic imine (C=N–C) groups is 1. The average Bonchev–Trinajstić information content (AvgIpc) is 2.88. The van der Waals surface area contributed by atoms with Crippen molar-refractivity contribution >= 4 is 54.5 Å². The van der Waals surface area contributed by atoms with Crippen LogP contribution in [-0.2, 0) is 21.4 Å². The Morgan fingerprint density at radius 3 is 2.60 bits per heavy atom. The fourth-order valence-corrected chi connectivity index (χ4v) is 7.46. The summed E-state index contributed by atoms with van der Waals surface area (Å²) in [7, 11) is -3.64. The highest BCUT2D eigenvalue weighted by molar-refractivity contribution is 9.10. The van der Waals surface area contributed by atoms with E-state index in [0.29, 0.717) is 64.2 Å². The van der Waals surface area contributed by atoms with Crippen LogP contribution in [0, 0.1) is 23.2 Å². The number of Topliss-reactive ketones (excluding diaryl/α,β-unsaturated/α-hetero) is 1. The van der Waals surface area contributed by atoms with Crippen molar-refractivity contribution in [1.29, 1.82) is 5.26 Å². The van der Waals surface area contributed by atoms with E-state index in [2.05, 4.69) is 39.0 Å². The van der Waals surface area contributed by atoms with Crippen molar-refractivity contribution in [2.45, 2.75) is 65.3 Å². The Bertz CT molecular complexity index is 1510. The molecule has 1 aliphatic carbocycles. The third-order valence-electron chi connectivity index (χ3n) is 7.53. The number of hydrogen-bond acceptors (Lipinski definition) is 7. The van der Waals surface area contributed by atoms with E-state index in [-0.39, 0.29) is 17.5 Å². The Morgan fingerprint density at radius 1 is 1.18 bits per heavy atom. The van der Waals surface area contributed by atoms with Crippen molar-refractivity contribution in [3.05, 3.63) is 63.3 Å². The fourth-order valence-electron chi connectivity index (χ4n) is 5.71. The Morgan fingerprint density at radius 2 is 1.93 bits per heavy atom. The predicted octanol–water partition coefficient (Wildman–Crippen LogP) is 6.53. The number of ketones is 1. The van der Waals surface area contributed by atoms with Gasteiger partial charge < -0.3 is 11.1 Å². The summed E-state index contributed by atoms with van der Waals surface area (Å²) in [6.45, 7) is 6.12.